The molecular formula is C15H22N2O2. The Labute approximate surface area is 114 Å². The molecule has 0 spiro atoms. The summed E-state index contributed by atoms with van der Waals surface area (Å²) in [7, 11) is 0. The van der Waals surface area contributed by atoms with Gasteiger partial charge in [-0.3, -0.25) is 4.79 Å². The minimum Gasteiger partial charge on any atom is -0.394 e. The summed E-state index contributed by atoms with van der Waals surface area (Å²) in [6.45, 7) is 6.16. The van der Waals surface area contributed by atoms with Gasteiger partial charge in [-0.25, -0.2) is 0 Å². The van der Waals surface area contributed by atoms with Gasteiger partial charge in [-0.2, -0.15) is 0 Å². The maximum absolute atomic E-state index is 12.0. The predicted molar refractivity (Wildman–Crippen MR) is 76.5 cm³/mol. The largest absolute Gasteiger partial charge is 0.394 e. The number of rotatable bonds is 6. The minimum absolute atomic E-state index is 0.0241. The van der Waals surface area contributed by atoms with E-state index in [2.05, 4.69) is 24.1 Å². The van der Waals surface area contributed by atoms with Crippen LogP contribution in [0.1, 0.15) is 37.0 Å². The zero-order chi connectivity index (χ0) is 13.9. The van der Waals surface area contributed by atoms with Crippen LogP contribution in [-0.4, -0.2) is 36.2 Å². The number of nitrogens with zero attached hydrogens (tertiary/aromatic N) is 1. The fourth-order valence-corrected chi connectivity index (χ4v) is 2.20. The van der Waals surface area contributed by atoms with Crippen molar-refractivity contribution in [3.05, 3.63) is 29.8 Å². The molecule has 1 aliphatic rings. The maximum Gasteiger partial charge on any atom is 0.251 e. The standard InChI is InChI=1S/C15H22N2O2/c1-3-17(4-2)13-7-5-12(6-8-13)14(19)16-15(11-18)9-10-15/h5-8,18H,3-4,9-11H2,1-2H3,(H,16,19). The third kappa shape index (κ3) is 3.07. The molecule has 0 unspecified atom stereocenters. The molecule has 1 aromatic rings. The van der Waals surface area contributed by atoms with Crippen LogP contribution in [0, 0.1) is 0 Å². The number of carbonyl (C=O) groups is 1. The zero-order valence-corrected chi connectivity index (χ0v) is 11.6. The molecule has 1 aliphatic carbocycles. The fraction of sp³-hybridized carbons (Fsp3) is 0.533. The molecule has 4 nitrogen and oxygen atoms in total. The zero-order valence-electron chi connectivity index (χ0n) is 11.6. The number of hydrogen-bond acceptors (Lipinski definition) is 3. The van der Waals surface area contributed by atoms with E-state index in [1.54, 1.807) is 0 Å². The van der Waals surface area contributed by atoms with Crippen LogP contribution in [0.4, 0.5) is 5.69 Å². The van der Waals surface area contributed by atoms with E-state index in [-0.39, 0.29) is 18.1 Å². The lowest BCUT2D eigenvalue weighted by Crippen LogP contribution is -2.39. The van der Waals surface area contributed by atoms with Crippen molar-refractivity contribution in [2.75, 3.05) is 24.6 Å². The molecular weight excluding hydrogens is 240 g/mol. The van der Waals surface area contributed by atoms with E-state index in [1.165, 1.54) is 0 Å². The number of benzene rings is 1. The lowest BCUT2D eigenvalue weighted by molar-refractivity contribution is 0.0907. The minimum atomic E-state index is -0.353. The van der Waals surface area contributed by atoms with Gasteiger partial charge in [0, 0.05) is 24.3 Å². The van der Waals surface area contributed by atoms with Crippen LogP contribution in [0.5, 0.6) is 0 Å². The van der Waals surface area contributed by atoms with Gasteiger partial charge in [0.2, 0.25) is 0 Å². The van der Waals surface area contributed by atoms with E-state index < -0.39 is 0 Å². The average molecular weight is 262 g/mol. The predicted octanol–water partition coefficient (Wildman–Crippen LogP) is 1.79. The second kappa shape index (κ2) is 5.61. The average Bonchev–Trinajstić information content (AvgIpc) is 3.21. The van der Waals surface area contributed by atoms with Crippen molar-refractivity contribution in [1.82, 2.24) is 5.32 Å². The van der Waals surface area contributed by atoms with Gasteiger partial charge in [0.05, 0.1) is 12.1 Å². The van der Waals surface area contributed by atoms with E-state index in [1.807, 2.05) is 24.3 Å². The van der Waals surface area contributed by atoms with Crippen molar-refractivity contribution in [2.45, 2.75) is 32.2 Å². The molecule has 104 valence electrons. The van der Waals surface area contributed by atoms with Crippen LogP contribution in [-0.2, 0) is 0 Å². The van der Waals surface area contributed by atoms with Crippen molar-refractivity contribution < 1.29 is 9.90 Å². The Morgan fingerprint density at radius 2 is 1.84 bits per heavy atom. The molecule has 0 aromatic heterocycles. The van der Waals surface area contributed by atoms with Crippen LogP contribution in [0.3, 0.4) is 0 Å². The first-order chi connectivity index (χ1) is 9.14. The summed E-state index contributed by atoms with van der Waals surface area (Å²) < 4.78 is 0. The molecule has 0 radical (unpaired) electrons. The van der Waals surface area contributed by atoms with Gasteiger partial charge in [0.15, 0.2) is 0 Å². The molecule has 0 heterocycles. The smallest absolute Gasteiger partial charge is 0.251 e. The molecule has 0 bridgehead atoms. The van der Waals surface area contributed by atoms with Gasteiger partial charge in [-0.05, 0) is 51.0 Å². The van der Waals surface area contributed by atoms with E-state index in [9.17, 15) is 9.90 Å². The molecule has 0 saturated heterocycles. The number of anilines is 1. The Hall–Kier alpha value is -1.55. The van der Waals surface area contributed by atoms with E-state index >= 15 is 0 Å². The topological polar surface area (TPSA) is 52.6 Å². The lowest BCUT2D eigenvalue weighted by Gasteiger charge is -2.21. The summed E-state index contributed by atoms with van der Waals surface area (Å²) in [5.41, 5.74) is 1.43. The second-order valence-corrected chi connectivity index (χ2v) is 5.11. The van der Waals surface area contributed by atoms with Gasteiger partial charge < -0.3 is 15.3 Å². The molecule has 1 aromatic carbocycles. The Kier molecular flexibility index (Phi) is 4.10. The number of carbonyl (C=O) groups excluding carboxylic acids is 1. The van der Waals surface area contributed by atoms with Crippen molar-refractivity contribution in [3.63, 3.8) is 0 Å². The Bertz CT molecular complexity index is 434. The highest BCUT2D eigenvalue weighted by Gasteiger charge is 2.43. The first kappa shape index (κ1) is 13.9. The summed E-state index contributed by atoms with van der Waals surface area (Å²) in [4.78, 5) is 14.3. The third-order valence-corrected chi connectivity index (χ3v) is 3.79. The van der Waals surface area contributed by atoms with E-state index in [0.29, 0.717) is 5.56 Å². The highest BCUT2D eigenvalue weighted by molar-refractivity contribution is 5.95. The van der Waals surface area contributed by atoms with E-state index in [0.717, 1.165) is 31.6 Å². The Morgan fingerprint density at radius 3 is 2.26 bits per heavy atom. The lowest BCUT2D eigenvalue weighted by atomic mass is 10.1. The molecule has 4 heteroatoms. The SMILES string of the molecule is CCN(CC)c1ccc(C(=O)NC2(CO)CC2)cc1. The number of hydrogen-bond donors (Lipinski definition) is 2. The highest BCUT2D eigenvalue weighted by Crippen LogP contribution is 2.34. The molecule has 1 fully saturated rings. The van der Waals surface area contributed by atoms with E-state index in [4.69, 9.17) is 0 Å². The van der Waals surface area contributed by atoms with Crippen molar-refractivity contribution in [2.24, 2.45) is 0 Å². The Morgan fingerprint density at radius 1 is 1.26 bits per heavy atom. The first-order valence-corrected chi connectivity index (χ1v) is 6.92. The molecule has 1 amide bonds. The van der Waals surface area contributed by atoms with Crippen LogP contribution in [0.2, 0.25) is 0 Å². The molecule has 2 rings (SSSR count). The maximum atomic E-state index is 12.0. The third-order valence-electron chi connectivity index (χ3n) is 3.79. The summed E-state index contributed by atoms with van der Waals surface area (Å²) in [5.74, 6) is -0.0994. The van der Waals surface area contributed by atoms with Crippen molar-refractivity contribution >= 4 is 11.6 Å². The van der Waals surface area contributed by atoms with Crippen molar-refractivity contribution in [3.8, 4) is 0 Å². The number of aliphatic hydroxyl groups is 1. The van der Waals surface area contributed by atoms with Gasteiger partial charge in [-0.1, -0.05) is 0 Å². The summed E-state index contributed by atoms with van der Waals surface area (Å²) in [5, 5.41) is 12.1. The summed E-state index contributed by atoms with van der Waals surface area (Å²) >= 11 is 0. The quantitative estimate of drug-likeness (QED) is 0.822. The number of aliphatic hydroxyl groups excluding tert-OH is 1. The molecule has 19 heavy (non-hydrogen) atoms. The number of amides is 1. The van der Waals surface area contributed by atoms with Gasteiger partial charge >= 0.3 is 0 Å². The number of nitrogens with one attached hydrogen (secondary N) is 1. The van der Waals surface area contributed by atoms with Crippen LogP contribution >= 0.6 is 0 Å². The Balaban J connectivity index is 2.03. The summed E-state index contributed by atoms with van der Waals surface area (Å²) in [6.07, 6.45) is 1.74. The second-order valence-electron chi connectivity index (χ2n) is 5.11. The molecule has 1 saturated carbocycles. The molecule has 0 atom stereocenters. The van der Waals surface area contributed by atoms with Crippen molar-refractivity contribution in [1.29, 1.82) is 0 Å². The van der Waals surface area contributed by atoms with Crippen LogP contribution in [0.15, 0.2) is 24.3 Å². The summed E-state index contributed by atoms with van der Waals surface area (Å²) in [6, 6.07) is 7.63. The van der Waals surface area contributed by atoms with Gasteiger partial charge in [-0.15, -0.1) is 0 Å². The molecule has 0 aliphatic heterocycles. The van der Waals surface area contributed by atoms with Gasteiger partial charge in [0.1, 0.15) is 0 Å². The fourth-order valence-electron chi connectivity index (χ4n) is 2.20. The van der Waals surface area contributed by atoms with Crippen LogP contribution in [0.25, 0.3) is 0 Å². The highest BCUT2D eigenvalue weighted by atomic mass is 16.3. The normalized spacial score (nSPS) is 15.9. The first-order valence-electron chi connectivity index (χ1n) is 6.92. The van der Waals surface area contributed by atoms with Gasteiger partial charge in [0.25, 0.3) is 5.91 Å². The monoisotopic (exact) mass is 262 g/mol. The van der Waals surface area contributed by atoms with Crippen LogP contribution < -0.4 is 10.2 Å². The molecule has 2 N–H and O–H groups in total.